The second-order valence-corrected chi connectivity index (χ2v) is 11.3. The van der Waals surface area contributed by atoms with Crippen LogP contribution in [0.25, 0.3) is 10.9 Å². The van der Waals surface area contributed by atoms with Gasteiger partial charge in [0, 0.05) is 53.0 Å². The zero-order valence-corrected chi connectivity index (χ0v) is 25.5. The summed E-state index contributed by atoms with van der Waals surface area (Å²) in [6.07, 6.45) is 2.11. The van der Waals surface area contributed by atoms with Crippen molar-refractivity contribution in [2.45, 2.75) is 43.0 Å². The standard InChI is InChI=1S/C28H33BrN2O6S.ClH/c1-4-37-28(33)26-22(16-38-18-7-8-23(34-2)24(13-18)35-3)31(17-5-6-17)21-14-20(29)27(32)19(25(21)26)15-30-9-11-36-12-10-30;/h7-8,13-14,17,32H,4-6,9-12,15-16H2,1-3H3;1H. The first-order chi connectivity index (χ1) is 18.5. The topological polar surface area (TPSA) is 82.4 Å². The molecule has 1 aliphatic carbocycles. The number of thioether (sulfide) groups is 1. The average Bonchev–Trinajstić information content (AvgIpc) is 3.72. The van der Waals surface area contributed by atoms with Crippen LogP contribution >= 0.6 is 40.1 Å². The van der Waals surface area contributed by atoms with Gasteiger partial charge in [0.25, 0.3) is 0 Å². The van der Waals surface area contributed by atoms with Gasteiger partial charge in [-0.2, -0.15) is 0 Å². The first-order valence-corrected chi connectivity index (χ1v) is 14.6. The minimum Gasteiger partial charge on any atom is -0.506 e. The number of phenolic OH excluding ortho intramolecular Hbond substituents is 1. The van der Waals surface area contributed by atoms with E-state index in [0.717, 1.165) is 53.0 Å². The van der Waals surface area contributed by atoms with Gasteiger partial charge in [-0.05, 0) is 60.0 Å². The van der Waals surface area contributed by atoms with Gasteiger partial charge in [-0.1, -0.05) is 0 Å². The Morgan fingerprint density at radius 1 is 1.15 bits per heavy atom. The van der Waals surface area contributed by atoms with E-state index in [1.165, 1.54) is 0 Å². The van der Waals surface area contributed by atoms with Gasteiger partial charge in [0.05, 0.1) is 49.6 Å². The molecule has 1 saturated carbocycles. The van der Waals surface area contributed by atoms with Gasteiger partial charge in [-0.3, -0.25) is 4.90 Å². The number of fused-ring (bicyclic) bond motifs is 1. The third-order valence-corrected chi connectivity index (χ3v) is 8.64. The summed E-state index contributed by atoms with van der Waals surface area (Å²) in [7, 11) is 3.24. The number of nitrogens with zero attached hydrogens (tertiary/aromatic N) is 2. The molecule has 0 atom stereocenters. The number of ether oxygens (including phenoxy) is 4. The van der Waals surface area contributed by atoms with Crippen LogP contribution in [0, 0.1) is 0 Å². The number of rotatable bonds is 10. The Morgan fingerprint density at radius 3 is 2.51 bits per heavy atom. The summed E-state index contributed by atoms with van der Waals surface area (Å²) < 4.78 is 24.9. The second-order valence-electron chi connectivity index (χ2n) is 9.42. The van der Waals surface area contributed by atoms with Crippen LogP contribution in [0.5, 0.6) is 17.2 Å². The zero-order valence-electron chi connectivity index (χ0n) is 22.3. The van der Waals surface area contributed by atoms with Gasteiger partial charge >= 0.3 is 5.97 Å². The van der Waals surface area contributed by atoms with Gasteiger partial charge in [0.15, 0.2) is 11.5 Å². The number of methoxy groups -OCH3 is 2. The maximum atomic E-state index is 13.6. The number of carbonyl (C=O) groups is 1. The number of phenols is 1. The van der Waals surface area contributed by atoms with Crippen LogP contribution in [0.15, 0.2) is 33.6 Å². The van der Waals surface area contributed by atoms with Crippen molar-refractivity contribution in [3.05, 3.63) is 45.6 Å². The predicted octanol–water partition coefficient (Wildman–Crippen LogP) is 6.18. The van der Waals surface area contributed by atoms with Crippen molar-refractivity contribution in [3.63, 3.8) is 0 Å². The van der Waals surface area contributed by atoms with E-state index in [1.54, 1.807) is 26.0 Å². The molecule has 5 rings (SSSR count). The molecule has 3 aromatic rings. The van der Waals surface area contributed by atoms with Crippen molar-refractivity contribution < 1.29 is 28.8 Å². The highest BCUT2D eigenvalue weighted by molar-refractivity contribution is 9.10. The summed E-state index contributed by atoms with van der Waals surface area (Å²) >= 11 is 5.22. The number of hydrogen-bond donors (Lipinski definition) is 1. The summed E-state index contributed by atoms with van der Waals surface area (Å²) in [5.74, 6) is 1.70. The van der Waals surface area contributed by atoms with Gasteiger partial charge in [0.2, 0.25) is 0 Å². The van der Waals surface area contributed by atoms with Gasteiger partial charge in [-0.25, -0.2) is 4.79 Å². The van der Waals surface area contributed by atoms with Gasteiger partial charge in [-0.15, -0.1) is 24.2 Å². The van der Waals surface area contributed by atoms with E-state index in [9.17, 15) is 9.90 Å². The maximum Gasteiger partial charge on any atom is 0.340 e. The van der Waals surface area contributed by atoms with Crippen LogP contribution in [0.2, 0.25) is 0 Å². The summed E-state index contributed by atoms with van der Waals surface area (Å²) in [5, 5.41) is 12.0. The van der Waals surface area contributed by atoms with Crippen LogP contribution in [0.4, 0.5) is 0 Å². The highest BCUT2D eigenvalue weighted by atomic mass is 79.9. The number of aromatic hydroxyl groups is 1. The number of benzene rings is 2. The van der Waals surface area contributed by atoms with E-state index in [1.807, 2.05) is 31.2 Å². The lowest BCUT2D eigenvalue weighted by Crippen LogP contribution is -2.35. The van der Waals surface area contributed by atoms with Crippen LogP contribution in [0.1, 0.15) is 47.4 Å². The molecule has 0 bridgehead atoms. The summed E-state index contributed by atoms with van der Waals surface area (Å²) in [6, 6.07) is 8.09. The molecule has 11 heteroatoms. The molecular weight excluding hydrogens is 608 g/mol. The lowest BCUT2D eigenvalue weighted by molar-refractivity contribution is 0.0340. The number of esters is 1. The molecule has 1 saturated heterocycles. The molecule has 212 valence electrons. The molecule has 1 N–H and O–H groups in total. The fraction of sp³-hybridized carbons (Fsp3) is 0.464. The van der Waals surface area contributed by atoms with Crippen molar-refractivity contribution in [1.29, 1.82) is 0 Å². The molecule has 8 nitrogen and oxygen atoms in total. The molecule has 2 heterocycles. The quantitative estimate of drug-likeness (QED) is 0.208. The molecule has 0 unspecified atom stereocenters. The van der Waals surface area contributed by atoms with E-state index in [0.29, 0.717) is 53.1 Å². The Morgan fingerprint density at radius 2 is 1.87 bits per heavy atom. The monoisotopic (exact) mass is 640 g/mol. The minimum absolute atomic E-state index is 0. The van der Waals surface area contributed by atoms with E-state index in [4.69, 9.17) is 18.9 Å². The molecule has 0 amide bonds. The van der Waals surface area contributed by atoms with Crippen LogP contribution in [0.3, 0.4) is 0 Å². The SMILES string of the molecule is CCOC(=O)c1c(CSc2ccc(OC)c(OC)c2)n(C2CC2)c2cc(Br)c(O)c(CN3CCOCC3)c12.Cl. The van der Waals surface area contributed by atoms with E-state index in [-0.39, 0.29) is 30.7 Å². The Kier molecular flexibility index (Phi) is 9.98. The second kappa shape index (κ2) is 13.0. The molecule has 0 spiro atoms. The third-order valence-electron chi connectivity index (χ3n) is 7.03. The number of morpholine rings is 1. The van der Waals surface area contributed by atoms with Crippen molar-refractivity contribution in [1.82, 2.24) is 9.47 Å². The molecule has 2 aliphatic rings. The Balaban J connectivity index is 0.00000353. The van der Waals surface area contributed by atoms with E-state index in [2.05, 4.69) is 25.4 Å². The summed E-state index contributed by atoms with van der Waals surface area (Å²) in [5.41, 5.74) is 3.16. The fourth-order valence-electron chi connectivity index (χ4n) is 5.07. The molecule has 2 fully saturated rings. The van der Waals surface area contributed by atoms with Crippen molar-refractivity contribution in [2.24, 2.45) is 0 Å². The first-order valence-electron chi connectivity index (χ1n) is 12.9. The normalized spacial score (nSPS) is 15.7. The van der Waals surface area contributed by atoms with Gasteiger partial charge < -0.3 is 28.6 Å². The van der Waals surface area contributed by atoms with Gasteiger partial charge in [0.1, 0.15) is 5.75 Å². The van der Waals surface area contributed by atoms with Crippen molar-refractivity contribution in [2.75, 3.05) is 47.1 Å². The van der Waals surface area contributed by atoms with Crippen LogP contribution in [-0.2, 0) is 21.8 Å². The molecule has 39 heavy (non-hydrogen) atoms. The van der Waals surface area contributed by atoms with E-state index < -0.39 is 0 Å². The van der Waals surface area contributed by atoms with E-state index >= 15 is 0 Å². The Hall–Kier alpha value is -2.11. The largest absolute Gasteiger partial charge is 0.506 e. The number of hydrogen-bond acceptors (Lipinski definition) is 8. The lowest BCUT2D eigenvalue weighted by Gasteiger charge is -2.27. The predicted molar refractivity (Wildman–Crippen MR) is 158 cm³/mol. The Bertz CT molecular complexity index is 1340. The highest BCUT2D eigenvalue weighted by Gasteiger charge is 2.35. The zero-order chi connectivity index (χ0) is 26.8. The number of aromatic nitrogens is 1. The molecule has 2 aromatic carbocycles. The highest BCUT2D eigenvalue weighted by Crippen LogP contribution is 2.47. The molecule has 1 aromatic heterocycles. The first kappa shape index (κ1) is 29.9. The summed E-state index contributed by atoms with van der Waals surface area (Å²) in [6.45, 7) is 5.46. The summed E-state index contributed by atoms with van der Waals surface area (Å²) in [4.78, 5) is 16.8. The fourth-order valence-corrected chi connectivity index (χ4v) is 6.46. The Labute approximate surface area is 247 Å². The molecule has 1 aliphatic heterocycles. The molecule has 0 radical (unpaired) electrons. The van der Waals surface area contributed by atoms with Crippen LogP contribution < -0.4 is 9.47 Å². The lowest BCUT2D eigenvalue weighted by atomic mass is 10.0. The average molecular weight is 642 g/mol. The number of halogens is 2. The number of carbonyl (C=O) groups excluding carboxylic acids is 1. The molecular formula is C28H34BrClN2O6S. The van der Waals surface area contributed by atoms with Crippen LogP contribution in [-0.4, -0.2) is 67.7 Å². The minimum atomic E-state index is -0.357. The maximum absolute atomic E-state index is 13.6. The smallest absolute Gasteiger partial charge is 0.340 e. The third kappa shape index (κ3) is 6.15. The van der Waals surface area contributed by atoms with Crippen molar-refractivity contribution >= 4 is 57.0 Å². The van der Waals surface area contributed by atoms with Crippen molar-refractivity contribution in [3.8, 4) is 17.2 Å².